The molecule has 2 aliphatic rings. The van der Waals surface area contributed by atoms with Crippen LogP contribution in [-0.2, 0) is 0 Å². The number of para-hydroxylation sites is 1. The molecule has 1 aromatic carbocycles. The van der Waals surface area contributed by atoms with E-state index in [1.54, 1.807) is 24.9 Å². The van der Waals surface area contributed by atoms with Crippen molar-refractivity contribution in [2.45, 2.75) is 24.9 Å². The number of hydrogen-bond donors (Lipinski definition) is 0. The lowest BCUT2D eigenvalue weighted by atomic mass is 10.1. The molecule has 2 bridgehead atoms. The van der Waals surface area contributed by atoms with E-state index in [4.69, 9.17) is 4.42 Å². The van der Waals surface area contributed by atoms with Gasteiger partial charge in [-0.1, -0.05) is 12.1 Å². The number of rotatable bonds is 3. The minimum Gasteiger partial charge on any atom is -0.464 e. The number of carbonyl (C=O) groups excluding carboxylic acids is 1. The van der Waals surface area contributed by atoms with E-state index in [0.29, 0.717) is 24.3 Å². The molecule has 2 saturated heterocycles. The quantitative estimate of drug-likeness (QED) is 0.526. The minimum atomic E-state index is 0.0222. The molecule has 4 aromatic rings. The Balaban J connectivity index is 1.31. The predicted molar refractivity (Wildman–Crippen MR) is 111 cm³/mol. The number of carbonyl (C=O) groups is 1. The molecule has 150 valence electrons. The normalized spacial score (nSPS) is 20.8. The molecule has 0 saturated carbocycles. The summed E-state index contributed by atoms with van der Waals surface area (Å²) < 4.78 is 5.56. The van der Waals surface area contributed by atoms with Crippen molar-refractivity contribution in [2.75, 3.05) is 18.0 Å². The van der Waals surface area contributed by atoms with Crippen LogP contribution in [0.5, 0.6) is 0 Å². The lowest BCUT2D eigenvalue weighted by Gasteiger charge is -2.42. The third kappa shape index (κ3) is 2.60. The molecule has 6 rings (SSSR count). The van der Waals surface area contributed by atoms with Crippen molar-refractivity contribution in [1.82, 2.24) is 24.9 Å². The van der Waals surface area contributed by atoms with Gasteiger partial charge in [0.05, 0.1) is 35.3 Å². The summed E-state index contributed by atoms with van der Waals surface area (Å²) in [5.74, 6) is 0.982. The Bertz CT molecular complexity index is 1200. The highest BCUT2D eigenvalue weighted by Gasteiger charge is 2.43. The van der Waals surface area contributed by atoms with E-state index in [-0.39, 0.29) is 18.0 Å². The van der Waals surface area contributed by atoms with Crippen molar-refractivity contribution in [2.24, 2.45) is 0 Å². The van der Waals surface area contributed by atoms with Gasteiger partial charge in [-0.15, -0.1) is 0 Å². The first-order chi connectivity index (χ1) is 14.8. The smallest absolute Gasteiger partial charge is 0.256 e. The molecular weight excluding hydrogens is 380 g/mol. The largest absolute Gasteiger partial charge is 0.464 e. The summed E-state index contributed by atoms with van der Waals surface area (Å²) >= 11 is 0. The molecule has 0 N–H and O–H groups in total. The molecule has 2 fully saturated rings. The van der Waals surface area contributed by atoms with Gasteiger partial charge in [0.2, 0.25) is 0 Å². The molecule has 30 heavy (non-hydrogen) atoms. The van der Waals surface area contributed by atoms with Gasteiger partial charge in [0.1, 0.15) is 11.4 Å². The zero-order valence-electron chi connectivity index (χ0n) is 16.3. The number of furan rings is 1. The van der Waals surface area contributed by atoms with Gasteiger partial charge in [0.15, 0.2) is 0 Å². The first-order valence-corrected chi connectivity index (χ1v) is 10.1. The van der Waals surface area contributed by atoms with Crippen molar-refractivity contribution in [3.63, 3.8) is 0 Å². The standard InChI is InChI=1S/C22H20N6O2/c29-22(17-3-1-2-4-19(17)28-24-10-11-25-28)26-13-15-5-6-16(14-26)27(15)21-18-8-12-30-20(18)7-9-23-21/h1-4,7-12,15-16H,5-6,13-14H2. The average Bonchev–Trinajstić information content (AvgIpc) is 3.52. The molecule has 2 atom stereocenters. The van der Waals surface area contributed by atoms with Crippen LogP contribution in [0.15, 0.2) is 65.7 Å². The number of pyridine rings is 1. The van der Waals surface area contributed by atoms with E-state index in [0.717, 1.165) is 29.6 Å². The molecule has 0 spiro atoms. The second-order valence-corrected chi connectivity index (χ2v) is 7.81. The molecule has 2 aliphatic heterocycles. The molecule has 0 radical (unpaired) electrons. The van der Waals surface area contributed by atoms with Gasteiger partial charge in [0, 0.05) is 31.4 Å². The first-order valence-electron chi connectivity index (χ1n) is 10.1. The summed E-state index contributed by atoms with van der Waals surface area (Å²) in [5.41, 5.74) is 2.17. The highest BCUT2D eigenvalue weighted by atomic mass is 16.3. The Morgan fingerprint density at radius 1 is 0.967 bits per heavy atom. The van der Waals surface area contributed by atoms with Crippen molar-refractivity contribution in [3.8, 4) is 5.69 Å². The number of amides is 1. The van der Waals surface area contributed by atoms with E-state index in [9.17, 15) is 4.79 Å². The zero-order chi connectivity index (χ0) is 20.1. The number of anilines is 1. The Labute approximate surface area is 172 Å². The van der Waals surface area contributed by atoms with Crippen LogP contribution in [0, 0.1) is 0 Å². The van der Waals surface area contributed by atoms with Gasteiger partial charge in [-0.3, -0.25) is 4.79 Å². The molecule has 3 aromatic heterocycles. The highest BCUT2D eigenvalue weighted by Crippen LogP contribution is 2.38. The Morgan fingerprint density at radius 2 is 1.73 bits per heavy atom. The predicted octanol–water partition coefficient (Wildman–Crippen LogP) is 2.90. The lowest BCUT2D eigenvalue weighted by Crippen LogP contribution is -2.55. The third-order valence-corrected chi connectivity index (χ3v) is 6.14. The number of piperazine rings is 1. The number of aromatic nitrogens is 4. The fourth-order valence-electron chi connectivity index (χ4n) is 4.84. The summed E-state index contributed by atoms with van der Waals surface area (Å²) in [6.07, 6.45) is 8.83. The molecule has 0 aliphatic carbocycles. The van der Waals surface area contributed by atoms with Crippen LogP contribution >= 0.6 is 0 Å². The molecule has 5 heterocycles. The van der Waals surface area contributed by atoms with Crippen molar-refractivity contribution in [1.29, 1.82) is 0 Å². The van der Waals surface area contributed by atoms with E-state index >= 15 is 0 Å². The third-order valence-electron chi connectivity index (χ3n) is 6.14. The lowest BCUT2D eigenvalue weighted by molar-refractivity contribution is 0.0717. The minimum absolute atomic E-state index is 0.0222. The van der Waals surface area contributed by atoms with E-state index in [2.05, 4.69) is 20.1 Å². The summed E-state index contributed by atoms with van der Waals surface area (Å²) in [7, 11) is 0. The topological polar surface area (TPSA) is 80.3 Å². The fourth-order valence-corrected chi connectivity index (χ4v) is 4.84. The van der Waals surface area contributed by atoms with Crippen molar-refractivity contribution < 1.29 is 9.21 Å². The number of benzene rings is 1. The van der Waals surface area contributed by atoms with Gasteiger partial charge < -0.3 is 14.2 Å². The molecular formula is C22H20N6O2. The average molecular weight is 400 g/mol. The maximum atomic E-state index is 13.5. The van der Waals surface area contributed by atoms with Gasteiger partial charge in [-0.25, -0.2) is 4.98 Å². The summed E-state index contributed by atoms with van der Waals surface area (Å²) in [5, 5.41) is 9.44. The Kier molecular flexibility index (Phi) is 3.83. The van der Waals surface area contributed by atoms with Gasteiger partial charge in [0.25, 0.3) is 5.91 Å². The molecule has 8 nitrogen and oxygen atoms in total. The van der Waals surface area contributed by atoms with Crippen LogP contribution in [0.1, 0.15) is 23.2 Å². The highest BCUT2D eigenvalue weighted by molar-refractivity contribution is 5.98. The SMILES string of the molecule is O=C(c1ccccc1-n1nccn1)N1CC2CCC(C1)N2c1nccc2occc12. The second-order valence-electron chi connectivity index (χ2n) is 7.81. The van der Waals surface area contributed by atoms with Crippen molar-refractivity contribution >= 4 is 22.7 Å². The second kappa shape index (κ2) is 6.69. The molecule has 8 heteroatoms. The first kappa shape index (κ1) is 17.2. The molecule has 2 unspecified atom stereocenters. The number of fused-ring (bicyclic) bond motifs is 3. The van der Waals surface area contributed by atoms with Gasteiger partial charge in [-0.2, -0.15) is 15.0 Å². The summed E-state index contributed by atoms with van der Waals surface area (Å²) in [4.78, 5) is 24.0. The summed E-state index contributed by atoms with van der Waals surface area (Å²) in [6, 6.07) is 11.9. The molecule has 1 amide bonds. The Morgan fingerprint density at radius 3 is 2.53 bits per heavy atom. The fraction of sp³-hybridized carbons (Fsp3) is 0.273. The maximum absolute atomic E-state index is 13.5. The van der Waals surface area contributed by atoms with E-state index < -0.39 is 0 Å². The van der Waals surface area contributed by atoms with Crippen LogP contribution in [0.4, 0.5) is 5.82 Å². The van der Waals surface area contributed by atoms with Crippen molar-refractivity contribution in [3.05, 3.63) is 66.8 Å². The number of likely N-dealkylation sites (tertiary alicyclic amines) is 1. The van der Waals surface area contributed by atoms with Gasteiger partial charge >= 0.3 is 0 Å². The Hall–Kier alpha value is -3.68. The number of nitrogens with zero attached hydrogens (tertiary/aromatic N) is 6. The van der Waals surface area contributed by atoms with E-state index in [1.165, 1.54) is 4.80 Å². The van der Waals surface area contributed by atoms with E-state index in [1.807, 2.05) is 41.3 Å². The van der Waals surface area contributed by atoms with Crippen LogP contribution in [0.2, 0.25) is 0 Å². The monoisotopic (exact) mass is 400 g/mol. The van der Waals surface area contributed by atoms with Crippen LogP contribution in [-0.4, -0.2) is 56.0 Å². The number of hydrogen-bond acceptors (Lipinski definition) is 6. The zero-order valence-corrected chi connectivity index (χ0v) is 16.3. The van der Waals surface area contributed by atoms with Crippen LogP contribution in [0.3, 0.4) is 0 Å². The van der Waals surface area contributed by atoms with Gasteiger partial charge in [-0.05, 0) is 37.1 Å². The van der Waals surface area contributed by atoms with Crippen LogP contribution < -0.4 is 4.90 Å². The summed E-state index contributed by atoms with van der Waals surface area (Å²) in [6.45, 7) is 1.35. The van der Waals surface area contributed by atoms with Crippen LogP contribution in [0.25, 0.3) is 16.7 Å². The maximum Gasteiger partial charge on any atom is 0.256 e.